The molecule has 0 amide bonds. The Labute approximate surface area is 126 Å². The average Bonchev–Trinajstić information content (AvgIpc) is 2.89. The Bertz CT molecular complexity index is 577. The van der Waals surface area contributed by atoms with Crippen molar-refractivity contribution in [3.8, 4) is 11.5 Å². The number of benzene rings is 1. The molecular weight excluding hydrogens is 266 g/mol. The molecule has 1 heterocycles. The highest BCUT2D eigenvalue weighted by atomic mass is 16.5. The Kier molecular flexibility index (Phi) is 5.28. The first kappa shape index (κ1) is 15.4. The van der Waals surface area contributed by atoms with Crippen LogP contribution < -0.4 is 14.4 Å². The quantitative estimate of drug-likeness (QED) is 0.845. The minimum absolute atomic E-state index is 0.771. The number of quaternary nitrogens is 1. The zero-order chi connectivity index (χ0) is 15.2. The number of ether oxygens (including phenoxy) is 2. The lowest BCUT2D eigenvalue weighted by Crippen LogP contribution is -3.07. The summed E-state index contributed by atoms with van der Waals surface area (Å²) in [6.07, 6.45) is 0.992. The van der Waals surface area contributed by atoms with Crippen LogP contribution in [0, 0.1) is 6.92 Å². The van der Waals surface area contributed by atoms with Crippen molar-refractivity contribution in [2.24, 2.45) is 0 Å². The van der Waals surface area contributed by atoms with E-state index in [0.29, 0.717) is 0 Å². The van der Waals surface area contributed by atoms with E-state index in [1.54, 1.807) is 14.2 Å². The summed E-state index contributed by atoms with van der Waals surface area (Å²) in [5, 5.41) is 0. The number of rotatable bonds is 7. The van der Waals surface area contributed by atoms with Crippen molar-refractivity contribution < 1.29 is 18.8 Å². The highest BCUT2D eigenvalue weighted by molar-refractivity contribution is 5.42. The van der Waals surface area contributed by atoms with Gasteiger partial charge in [0.05, 0.1) is 27.8 Å². The maximum absolute atomic E-state index is 5.62. The van der Waals surface area contributed by atoms with E-state index in [9.17, 15) is 0 Å². The van der Waals surface area contributed by atoms with Crippen LogP contribution in [0.4, 0.5) is 0 Å². The molecule has 2 rings (SSSR count). The Morgan fingerprint density at radius 2 is 1.81 bits per heavy atom. The van der Waals surface area contributed by atoms with Crippen LogP contribution in [-0.4, -0.2) is 27.8 Å². The van der Waals surface area contributed by atoms with Gasteiger partial charge in [0.15, 0.2) is 17.3 Å². The topological polar surface area (TPSA) is 36.0 Å². The lowest BCUT2D eigenvalue weighted by molar-refractivity contribution is -0.894. The van der Waals surface area contributed by atoms with E-state index in [1.807, 2.05) is 25.1 Å². The molecule has 1 aromatic heterocycles. The van der Waals surface area contributed by atoms with Crippen LogP contribution in [-0.2, 0) is 13.0 Å². The molecule has 1 N–H and O–H groups in total. The number of methoxy groups -OCH3 is 2. The fourth-order valence-corrected chi connectivity index (χ4v) is 2.36. The first-order valence-corrected chi connectivity index (χ1v) is 7.20. The maximum Gasteiger partial charge on any atom is 0.160 e. The summed E-state index contributed by atoms with van der Waals surface area (Å²) in [6, 6.07) is 10.2. The molecule has 0 saturated heterocycles. The van der Waals surface area contributed by atoms with Crippen molar-refractivity contribution in [1.29, 1.82) is 0 Å². The normalized spacial score (nSPS) is 12.2. The standard InChI is InChI=1S/C17H23NO3/c1-13-5-7-15(21-13)12-18(2)10-9-14-6-8-16(19-3)17(11-14)20-4/h5-8,11H,9-10,12H2,1-4H3/p+1. The van der Waals surface area contributed by atoms with Gasteiger partial charge >= 0.3 is 0 Å². The van der Waals surface area contributed by atoms with Crippen LogP contribution in [0.5, 0.6) is 11.5 Å². The van der Waals surface area contributed by atoms with Gasteiger partial charge in [-0.25, -0.2) is 0 Å². The van der Waals surface area contributed by atoms with Crippen LogP contribution in [0.2, 0.25) is 0 Å². The summed E-state index contributed by atoms with van der Waals surface area (Å²) in [4.78, 5) is 1.42. The number of hydrogen-bond acceptors (Lipinski definition) is 3. The van der Waals surface area contributed by atoms with Crippen molar-refractivity contribution in [2.45, 2.75) is 19.9 Å². The van der Waals surface area contributed by atoms with E-state index < -0.39 is 0 Å². The first-order chi connectivity index (χ1) is 10.1. The van der Waals surface area contributed by atoms with Crippen molar-refractivity contribution >= 4 is 0 Å². The monoisotopic (exact) mass is 290 g/mol. The SMILES string of the molecule is COc1ccc(CC[NH+](C)Cc2ccc(C)o2)cc1OC. The van der Waals surface area contributed by atoms with Gasteiger partial charge in [-0.2, -0.15) is 0 Å². The lowest BCUT2D eigenvalue weighted by atomic mass is 10.1. The van der Waals surface area contributed by atoms with Crippen LogP contribution >= 0.6 is 0 Å². The molecule has 0 aliphatic heterocycles. The second kappa shape index (κ2) is 7.18. The molecule has 0 spiro atoms. The van der Waals surface area contributed by atoms with E-state index in [4.69, 9.17) is 13.9 Å². The van der Waals surface area contributed by atoms with E-state index in [0.717, 1.165) is 42.5 Å². The molecule has 0 aliphatic rings. The van der Waals surface area contributed by atoms with Crippen LogP contribution in [0.1, 0.15) is 17.1 Å². The molecule has 1 atom stereocenters. The third kappa shape index (κ3) is 4.26. The van der Waals surface area contributed by atoms with Gasteiger partial charge in [-0.3, -0.25) is 0 Å². The summed E-state index contributed by atoms with van der Waals surface area (Å²) in [6.45, 7) is 3.92. The van der Waals surface area contributed by atoms with Gasteiger partial charge in [0.2, 0.25) is 0 Å². The molecule has 4 nitrogen and oxygen atoms in total. The van der Waals surface area contributed by atoms with Crippen molar-refractivity contribution in [2.75, 3.05) is 27.8 Å². The Hall–Kier alpha value is -1.94. The highest BCUT2D eigenvalue weighted by Gasteiger charge is 2.09. The summed E-state index contributed by atoms with van der Waals surface area (Å²) in [7, 11) is 5.50. The predicted octanol–water partition coefficient (Wildman–Crippen LogP) is 1.86. The molecule has 4 heteroatoms. The van der Waals surface area contributed by atoms with E-state index in [1.165, 1.54) is 10.5 Å². The largest absolute Gasteiger partial charge is 0.493 e. The Morgan fingerprint density at radius 3 is 2.43 bits per heavy atom. The van der Waals surface area contributed by atoms with Gasteiger partial charge in [-0.15, -0.1) is 0 Å². The van der Waals surface area contributed by atoms with Gasteiger partial charge in [-0.1, -0.05) is 6.07 Å². The molecule has 114 valence electrons. The molecule has 1 aromatic carbocycles. The molecule has 0 bridgehead atoms. The fourth-order valence-electron chi connectivity index (χ4n) is 2.36. The number of aryl methyl sites for hydroxylation is 1. The van der Waals surface area contributed by atoms with Gasteiger partial charge in [0.25, 0.3) is 0 Å². The van der Waals surface area contributed by atoms with E-state index in [-0.39, 0.29) is 0 Å². The third-order valence-corrected chi connectivity index (χ3v) is 3.56. The molecular formula is C17H24NO3+. The van der Waals surface area contributed by atoms with E-state index >= 15 is 0 Å². The summed E-state index contributed by atoms with van der Waals surface area (Å²) in [5.41, 5.74) is 1.25. The summed E-state index contributed by atoms with van der Waals surface area (Å²) < 4.78 is 16.2. The van der Waals surface area contributed by atoms with E-state index in [2.05, 4.69) is 19.2 Å². The Balaban J connectivity index is 1.90. The fraction of sp³-hybridized carbons (Fsp3) is 0.412. The minimum atomic E-state index is 0.771. The molecule has 0 aliphatic carbocycles. The van der Waals surface area contributed by atoms with Gasteiger partial charge < -0.3 is 18.8 Å². The second-order valence-electron chi connectivity index (χ2n) is 5.34. The molecule has 2 aromatic rings. The zero-order valence-electron chi connectivity index (χ0n) is 13.2. The lowest BCUT2D eigenvalue weighted by Gasteiger charge is -2.13. The maximum atomic E-state index is 5.62. The van der Waals surface area contributed by atoms with Gasteiger partial charge in [0, 0.05) is 6.42 Å². The third-order valence-electron chi connectivity index (χ3n) is 3.56. The predicted molar refractivity (Wildman–Crippen MR) is 82.2 cm³/mol. The average molecular weight is 290 g/mol. The highest BCUT2D eigenvalue weighted by Crippen LogP contribution is 2.27. The van der Waals surface area contributed by atoms with Gasteiger partial charge in [-0.05, 0) is 36.8 Å². The van der Waals surface area contributed by atoms with Gasteiger partial charge in [0.1, 0.15) is 12.3 Å². The number of hydrogen-bond donors (Lipinski definition) is 1. The molecule has 1 unspecified atom stereocenters. The smallest absolute Gasteiger partial charge is 0.160 e. The molecule has 0 saturated carbocycles. The number of nitrogens with one attached hydrogen (secondary N) is 1. The van der Waals surface area contributed by atoms with Crippen molar-refractivity contribution in [3.63, 3.8) is 0 Å². The number of furan rings is 1. The minimum Gasteiger partial charge on any atom is -0.493 e. The van der Waals surface area contributed by atoms with Crippen LogP contribution in [0.15, 0.2) is 34.7 Å². The van der Waals surface area contributed by atoms with Crippen LogP contribution in [0.3, 0.4) is 0 Å². The summed E-state index contributed by atoms with van der Waals surface area (Å²) >= 11 is 0. The molecule has 21 heavy (non-hydrogen) atoms. The number of likely N-dealkylation sites (N-methyl/N-ethyl adjacent to an activating group) is 1. The molecule has 0 fully saturated rings. The first-order valence-electron chi connectivity index (χ1n) is 7.20. The van der Waals surface area contributed by atoms with Crippen molar-refractivity contribution in [3.05, 3.63) is 47.4 Å². The Morgan fingerprint density at radius 1 is 1.05 bits per heavy atom. The molecule has 0 radical (unpaired) electrons. The second-order valence-corrected chi connectivity index (χ2v) is 5.34. The van der Waals surface area contributed by atoms with Crippen LogP contribution in [0.25, 0.3) is 0 Å². The summed E-state index contributed by atoms with van der Waals surface area (Å²) in [5.74, 6) is 3.57. The zero-order valence-corrected chi connectivity index (χ0v) is 13.2. The van der Waals surface area contributed by atoms with Crippen molar-refractivity contribution in [1.82, 2.24) is 0 Å².